The van der Waals surface area contributed by atoms with E-state index in [2.05, 4.69) is 39.5 Å². The van der Waals surface area contributed by atoms with Crippen LogP contribution in [0.5, 0.6) is 0 Å². The Hall–Kier alpha value is -2.92. The van der Waals surface area contributed by atoms with Gasteiger partial charge in [0.1, 0.15) is 0 Å². The van der Waals surface area contributed by atoms with E-state index in [-0.39, 0.29) is 11.8 Å². The van der Waals surface area contributed by atoms with Gasteiger partial charge in [0, 0.05) is 35.3 Å². The Balaban J connectivity index is 1.35. The minimum absolute atomic E-state index is 0.00105. The average molecular weight is 407 g/mol. The molecule has 3 aromatic rings. The third-order valence-electron chi connectivity index (χ3n) is 5.37. The molecule has 5 nitrogen and oxygen atoms in total. The number of hydrogen-bond donors (Lipinski definition) is 1. The Morgan fingerprint density at radius 1 is 1.00 bits per heavy atom. The first-order chi connectivity index (χ1) is 14.1. The van der Waals surface area contributed by atoms with E-state index in [9.17, 15) is 4.79 Å². The van der Waals surface area contributed by atoms with Gasteiger partial charge in [0.25, 0.3) is 0 Å². The number of amides is 1. The predicted octanol–water partition coefficient (Wildman–Crippen LogP) is 4.96. The summed E-state index contributed by atoms with van der Waals surface area (Å²) < 4.78 is 0. The Bertz CT molecular complexity index is 981. The van der Waals surface area contributed by atoms with Gasteiger partial charge in [-0.25, -0.2) is 0 Å². The number of halogens is 1. The number of rotatable bonds is 4. The fraction of sp³-hybridized carbons (Fsp3) is 0.261. The molecule has 1 aromatic heterocycles. The molecule has 0 unspecified atom stereocenters. The van der Waals surface area contributed by atoms with Gasteiger partial charge < -0.3 is 10.2 Å². The third kappa shape index (κ3) is 4.57. The van der Waals surface area contributed by atoms with Gasteiger partial charge in [-0.1, -0.05) is 35.9 Å². The molecule has 148 valence electrons. The number of anilines is 2. The maximum Gasteiger partial charge on any atom is 0.227 e. The van der Waals surface area contributed by atoms with E-state index in [1.807, 2.05) is 36.4 Å². The van der Waals surface area contributed by atoms with Crippen LogP contribution in [0.2, 0.25) is 5.02 Å². The molecule has 1 aliphatic heterocycles. The van der Waals surface area contributed by atoms with E-state index < -0.39 is 0 Å². The van der Waals surface area contributed by atoms with Crippen molar-refractivity contribution in [3.8, 4) is 11.3 Å². The Kier molecular flexibility index (Phi) is 5.76. The van der Waals surface area contributed by atoms with Crippen LogP contribution in [0.3, 0.4) is 0 Å². The van der Waals surface area contributed by atoms with Gasteiger partial charge in [0.2, 0.25) is 5.91 Å². The van der Waals surface area contributed by atoms with Gasteiger partial charge in [-0.3, -0.25) is 4.79 Å². The lowest BCUT2D eigenvalue weighted by molar-refractivity contribution is -0.120. The Labute approximate surface area is 175 Å². The second-order valence-electron chi connectivity index (χ2n) is 7.35. The lowest BCUT2D eigenvalue weighted by atomic mass is 9.95. The van der Waals surface area contributed by atoms with Crippen LogP contribution in [-0.4, -0.2) is 29.2 Å². The SMILES string of the molecule is Cc1ccccc1-c1ccc(N2CCC(C(=O)Nc3ccc(Cl)cc3)CC2)nn1. The fourth-order valence-electron chi connectivity index (χ4n) is 3.65. The number of hydrogen-bond acceptors (Lipinski definition) is 4. The number of piperidine rings is 1. The number of benzene rings is 2. The highest BCUT2D eigenvalue weighted by molar-refractivity contribution is 6.30. The minimum Gasteiger partial charge on any atom is -0.355 e. The number of carbonyl (C=O) groups excluding carboxylic acids is 1. The van der Waals surface area contributed by atoms with Gasteiger partial charge in [-0.15, -0.1) is 10.2 Å². The first-order valence-corrected chi connectivity index (χ1v) is 10.2. The van der Waals surface area contributed by atoms with Crippen molar-refractivity contribution in [2.45, 2.75) is 19.8 Å². The van der Waals surface area contributed by atoms with Crippen molar-refractivity contribution < 1.29 is 4.79 Å². The van der Waals surface area contributed by atoms with Gasteiger partial charge in [0.05, 0.1) is 5.69 Å². The number of nitrogens with one attached hydrogen (secondary N) is 1. The summed E-state index contributed by atoms with van der Waals surface area (Å²) >= 11 is 5.89. The molecule has 0 radical (unpaired) electrons. The molecule has 4 rings (SSSR count). The molecule has 1 saturated heterocycles. The van der Waals surface area contributed by atoms with E-state index in [4.69, 9.17) is 11.6 Å². The summed E-state index contributed by atoms with van der Waals surface area (Å²) in [4.78, 5) is 14.7. The predicted molar refractivity (Wildman–Crippen MR) is 117 cm³/mol. The van der Waals surface area contributed by atoms with Crippen molar-refractivity contribution in [2.75, 3.05) is 23.3 Å². The molecule has 0 spiro atoms. The number of aromatic nitrogens is 2. The van der Waals surface area contributed by atoms with Gasteiger partial charge >= 0.3 is 0 Å². The zero-order valence-electron chi connectivity index (χ0n) is 16.3. The Morgan fingerprint density at radius 3 is 2.38 bits per heavy atom. The maximum atomic E-state index is 12.5. The molecule has 1 N–H and O–H groups in total. The Morgan fingerprint density at radius 2 is 1.72 bits per heavy atom. The lowest BCUT2D eigenvalue weighted by Gasteiger charge is -2.31. The summed E-state index contributed by atoms with van der Waals surface area (Å²) in [5.41, 5.74) is 3.94. The van der Waals surface area contributed by atoms with Crippen LogP contribution in [0.15, 0.2) is 60.7 Å². The molecule has 1 amide bonds. The van der Waals surface area contributed by atoms with Crippen LogP contribution in [0.25, 0.3) is 11.3 Å². The van der Waals surface area contributed by atoms with Gasteiger partial charge in [0.15, 0.2) is 5.82 Å². The van der Waals surface area contributed by atoms with E-state index in [1.54, 1.807) is 12.1 Å². The van der Waals surface area contributed by atoms with Crippen molar-refractivity contribution in [1.82, 2.24) is 10.2 Å². The van der Waals surface area contributed by atoms with E-state index in [0.717, 1.165) is 48.7 Å². The van der Waals surface area contributed by atoms with Crippen molar-refractivity contribution >= 4 is 29.0 Å². The standard InChI is InChI=1S/C23H23ClN4O/c1-16-4-2-3-5-20(16)21-10-11-22(27-26-21)28-14-12-17(13-15-28)23(29)25-19-8-6-18(24)7-9-19/h2-11,17H,12-15H2,1H3,(H,25,29). The topological polar surface area (TPSA) is 58.1 Å². The van der Waals surface area contributed by atoms with E-state index in [1.165, 1.54) is 5.56 Å². The van der Waals surface area contributed by atoms with Crippen molar-refractivity contribution in [2.24, 2.45) is 5.92 Å². The zero-order valence-corrected chi connectivity index (χ0v) is 17.1. The van der Waals surface area contributed by atoms with Crippen LogP contribution < -0.4 is 10.2 Å². The molecule has 1 fully saturated rings. The zero-order chi connectivity index (χ0) is 20.2. The number of nitrogens with zero attached hydrogens (tertiary/aromatic N) is 3. The molecule has 2 heterocycles. The van der Waals surface area contributed by atoms with Gasteiger partial charge in [-0.05, 0) is 61.7 Å². The maximum absolute atomic E-state index is 12.5. The quantitative estimate of drug-likeness (QED) is 0.665. The van der Waals surface area contributed by atoms with E-state index in [0.29, 0.717) is 5.02 Å². The molecule has 0 bridgehead atoms. The molecular formula is C23H23ClN4O. The summed E-state index contributed by atoms with van der Waals surface area (Å²) in [6.07, 6.45) is 1.58. The molecule has 1 aliphatic rings. The van der Waals surface area contributed by atoms with E-state index >= 15 is 0 Å². The molecular weight excluding hydrogens is 384 g/mol. The molecule has 29 heavy (non-hydrogen) atoms. The highest BCUT2D eigenvalue weighted by atomic mass is 35.5. The van der Waals surface area contributed by atoms with Crippen LogP contribution in [0, 0.1) is 12.8 Å². The molecule has 2 aromatic carbocycles. The average Bonchev–Trinajstić information content (AvgIpc) is 2.76. The summed E-state index contributed by atoms with van der Waals surface area (Å²) in [7, 11) is 0. The molecule has 6 heteroatoms. The highest BCUT2D eigenvalue weighted by Gasteiger charge is 2.26. The van der Waals surface area contributed by atoms with Crippen LogP contribution >= 0.6 is 11.6 Å². The summed E-state index contributed by atoms with van der Waals surface area (Å²) in [5, 5.41) is 12.5. The van der Waals surface area contributed by atoms with Crippen molar-refractivity contribution in [3.63, 3.8) is 0 Å². The first kappa shape index (κ1) is 19.4. The third-order valence-corrected chi connectivity index (χ3v) is 5.62. The highest BCUT2D eigenvalue weighted by Crippen LogP contribution is 2.25. The normalized spacial score (nSPS) is 14.6. The monoisotopic (exact) mass is 406 g/mol. The van der Waals surface area contributed by atoms with Crippen molar-refractivity contribution in [3.05, 3.63) is 71.2 Å². The molecule has 0 aliphatic carbocycles. The first-order valence-electron chi connectivity index (χ1n) is 9.81. The largest absolute Gasteiger partial charge is 0.355 e. The van der Waals surface area contributed by atoms with Crippen LogP contribution in [-0.2, 0) is 4.79 Å². The van der Waals surface area contributed by atoms with Gasteiger partial charge in [-0.2, -0.15) is 0 Å². The van der Waals surface area contributed by atoms with Crippen LogP contribution in [0.1, 0.15) is 18.4 Å². The fourth-order valence-corrected chi connectivity index (χ4v) is 3.77. The summed E-state index contributed by atoms with van der Waals surface area (Å²) in [6.45, 7) is 3.65. The smallest absolute Gasteiger partial charge is 0.227 e. The second-order valence-corrected chi connectivity index (χ2v) is 7.79. The van der Waals surface area contributed by atoms with Crippen LogP contribution in [0.4, 0.5) is 11.5 Å². The lowest BCUT2D eigenvalue weighted by Crippen LogP contribution is -2.38. The van der Waals surface area contributed by atoms with Crippen molar-refractivity contribution in [1.29, 1.82) is 0 Å². The summed E-state index contributed by atoms with van der Waals surface area (Å²) in [6, 6.07) is 19.4. The number of aryl methyl sites for hydroxylation is 1. The second kappa shape index (κ2) is 8.62. The summed E-state index contributed by atoms with van der Waals surface area (Å²) in [5.74, 6) is 0.924. The minimum atomic E-state index is 0.00105. The molecule has 0 saturated carbocycles. The molecule has 0 atom stereocenters. The number of carbonyl (C=O) groups is 1.